The summed E-state index contributed by atoms with van der Waals surface area (Å²) in [5.41, 5.74) is 0. The van der Waals surface area contributed by atoms with E-state index in [1.165, 1.54) is 180 Å². The summed E-state index contributed by atoms with van der Waals surface area (Å²) in [6.45, 7) is 4.03. The minimum atomic E-state index is -4.65. The highest BCUT2D eigenvalue weighted by Gasteiger charge is 2.22. The third-order valence-corrected chi connectivity index (χ3v) is 18.0. The zero-order valence-electron chi connectivity index (χ0n) is 63.9. The maximum absolute atomic E-state index is 12.9. The van der Waals surface area contributed by atoms with Gasteiger partial charge in [-0.05, 0) is 122 Å². The van der Waals surface area contributed by atoms with Crippen LogP contribution in [0.1, 0.15) is 335 Å². The standard InChI is InChI=1S/C88H150NO8P/c1-6-8-10-12-14-16-18-20-22-24-26-28-30-32-34-36-38-40-41-42-43-44-45-46-47-49-51-53-55-57-59-61-63-65-67-69-71-73-75-77-79-81-88(91)97-86(85-96-98(92,93)95-83-82-89(3,4)5)84-94-87(90)80-78-76-74-72-70-68-66-64-62-60-58-56-54-52-50-48-39-37-35-33-31-29-27-25-23-21-19-17-15-13-11-9-7-2/h8-11,14-17,20-23,26-29,32-35,38-40,42-43,48,86H,6-7,12-13,18-19,24-25,30-31,36-37,41,44-47,49-85H2,1-5H3/b10-8-,11-9-,16-14-,17-15-,22-20-,23-21-,28-26-,29-27-,34-32-,35-33-,40-38-,43-42-,48-39-. The molecule has 0 N–H and O–H groups in total. The lowest BCUT2D eigenvalue weighted by atomic mass is 10.0. The molecule has 0 fully saturated rings. The van der Waals surface area contributed by atoms with Crippen molar-refractivity contribution < 1.29 is 42.1 Å². The molecule has 0 heterocycles. The summed E-state index contributed by atoms with van der Waals surface area (Å²) in [6.07, 6.45) is 115. The molecule has 0 amide bonds. The lowest BCUT2D eigenvalue weighted by molar-refractivity contribution is -0.870. The van der Waals surface area contributed by atoms with Crippen molar-refractivity contribution in [2.45, 2.75) is 341 Å². The van der Waals surface area contributed by atoms with Gasteiger partial charge in [0.1, 0.15) is 19.8 Å². The zero-order valence-corrected chi connectivity index (χ0v) is 64.8. The molecule has 560 valence electrons. The molecule has 0 rings (SSSR count). The van der Waals surface area contributed by atoms with Crippen LogP contribution in [-0.4, -0.2) is 70.0 Å². The third-order valence-electron chi connectivity index (χ3n) is 17.0. The second kappa shape index (κ2) is 76.8. The van der Waals surface area contributed by atoms with Crippen LogP contribution in [0.25, 0.3) is 0 Å². The van der Waals surface area contributed by atoms with E-state index in [1.807, 2.05) is 21.1 Å². The fourth-order valence-corrected chi connectivity index (χ4v) is 11.7. The molecule has 98 heavy (non-hydrogen) atoms. The van der Waals surface area contributed by atoms with Crippen molar-refractivity contribution in [3.05, 3.63) is 158 Å². The zero-order chi connectivity index (χ0) is 71.1. The summed E-state index contributed by atoms with van der Waals surface area (Å²) in [5.74, 6) is -0.828. The lowest BCUT2D eigenvalue weighted by Gasteiger charge is -2.28. The highest BCUT2D eigenvalue weighted by Crippen LogP contribution is 2.38. The lowest BCUT2D eigenvalue weighted by Crippen LogP contribution is -2.37. The van der Waals surface area contributed by atoms with E-state index in [1.54, 1.807) is 0 Å². The number of phosphoric ester groups is 1. The molecule has 0 aromatic rings. The van der Waals surface area contributed by atoms with E-state index in [0.717, 1.165) is 122 Å². The van der Waals surface area contributed by atoms with Gasteiger partial charge in [-0.1, -0.05) is 358 Å². The largest absolute Gasteiger partial charge is 0.756 e. The maximum atomic E-state index is 12.9. The molecular formula is C88H150NO8P. The number of esters is 2. The summed E-state index contributed by atoms with van der Waals surface area (Å²) in [5, 5.41) is 0. The Hall–Kier alpha value is -4.37. The molecule has 0 saturated carbocycles. The fraction of sp³-hybridized carbons (Fsp3) is 0.682. The number of likely N-dealkylation sites (N-methyl/N-ethyl adjacent to an activating group) is 1. The van der Waals surface area contributed by atoms with Crippen LogP contribution in [0, 0.1) is 0 Å². The molecule has 0 aromatic heterocycles. The van der Waals surface area contributed by atoms with Gasteiger partial charge in [-0.25, -0.2) is 0 Å². The van der Waals surface area contributed by atoms with Crippen molar-refractivity contribution >= 4 is 19.8 Å². The average Bonchev–Trinajstić information content (AvgIpc) is 1.08. The normalized spacial score (nSPS) is 13.9. The Morgan fingerprint density at radius 2 is 0.551 bits per heavy atom. The van der Waals surface area contributed by atoms with Gasteiger partial charge in [-0.15, -0.1) is 0 Å². The quantitative estimate of drug-likeness (QED) is 0.0195. The number of rotatable bonds is 73. The molecule has 0 aromatic carbocycles. The third kappa shape index (κ3) is 80.6. The first-order valence-corrected chi connectivity index (χ1v) is 41.7. The van der Waals surface area contributed by atoms with E-state index < -0.39 is 26.5 Å². The summed E-state index contributed by atoms with van der Waals surface area (Å²) in [4.78, 5) is 38.2. The Balaban J connectivity index is 3.98. The number of nitrogens with zero attached hydrogens (tertiary/aromatic N) is 1. The number of unbranched alkanes of at least 4 members (excludes halogenated alkanes) is 33. The summed E-state index contributed by atoms with van der Waals surface area (Å²) >= 11 is 0. The monoisotopic (exact) mass is 1380 g/mol. The van der Waals surface area contributed by atoms with Crippen LogP contribution in [0.4, 0.5) is 0 Å². The van der Waals surface area contributed by atoms with Crippen molar-refractivity contribution in [1.29, 1.82) is 0 Å². The summed E-state index contributed by atoms with van der Waals surface area (Å²) < 4.78 is 34.4. The van der Waals surface area contributed by atoms with Gasteiger partial charge in [0.25, 0.3) is 7.82 Å². The Bertz CT molecular complexity index is 2220. The molecule has 0 spiro atoms. The van der Waals surface area contributed by atoms with E-state index in [-0.39, 0.29) is 32.0 Å². The van der Waals surface area contributed by atoms with Gasteiger partial charge in [-0.2, -0.15) is 0 Å². The highest BCUT2D eigenvalue weighted by atomic mass is 31.2. The molecule has 0 saturated heterocycles. The Morgan fingerprint density at radius 1 is 0.316 bits per heavy atom. The predicted octanol–water partition coefficient (Wildman–Crippen LogP) is 26.4. The van der Waals surface area contributed by atoms with Crippen LogP contribution >= 0.6 is 7.82 Å². The van der Waals surface area contributed by atoms with Gasteiger partial charge in [0, 0.05) is 12.8 Å². The van der Waals surface area contributed by atoms with Crippen LogP contribution in [0.5, 0.6) is 0 Å². The molecule has 0 radical (unpaired) electrons. The van der Waals surface area contributed by atoms with Crippen LogP contribution < -0.4 is 4.89 Å². The first-order valence-electron chi connectivity index (χ1n) is 40.2. The number of carbonyl (C=O) groups is 2. The van der Waals surface area contributed by atoms with Gasteiger partial charge in [-0.3, -0.25) is 14.2 Å². The van der Waals surface area contributed by atoms with Crippen molar-refractivity contribution in [3.8, 4) is 0 Å². The van der Waals surface area contributed by atoms with Crippen LogP contribution in [0.3, 0.4) is 0 Å². The predicted molar refractivity (Wildman–Crippen MR) is 424 cm³/mol. The molecule has 2 atom stereocenters. The fourth-order valence-electron chi connectivity index (χ4n) is 11.0. The van der Waals surface area contributed by atoms with Crippen molar-refractivity contribution in [3.63, 3.8) is 0 Å². The molecule has 0 bridgehead atoms. The van der Waals surface area contributed by atoms with Crippen molar-refractivity contribution in [2.75, 3.05) is 47.5 Å². The minimum absolute atomic E-state index is 0.0349. The van der Waals surface area contributed by atoms with Gasteiger partial charge < -0.3 is 27.9 Å². The van der Waals surface area contributed by atoms with E-state index in [9.17, 15) is 19.0 Å². The van der Waals surface area contributed by atoms with E-state index in [0.29, 0.717) is 17.4 Å². The van der Waals surface area contributed by atoms with Crippen LogP contribution in [-0.2, 0) is 32.7 Å². The van der Waals surface area contributed by atoms with Crippen LogP contribution in [0.15, 0.2) is 158 Å². The minimum Gasteiger partial charge on any atom is -0.756 e. The number of allylic oxidation sites excluding steroid dienone is 26. The Morgan fingerprint density at radius 3 is 0.816 bits per heavy atom. The highest BCUT2D eigenvalue weighted by molar-refractivity contribution is 7.45. The number of hydrogen-bond donors (Lipinski definition) is 0. The molecule has 0 aliphatic heterocycles. The van der Waals surface area contributed by atoms with E-state index in [4.69, 9.17) is 18.5 Å². The first kappa shape index (κ1) is 93.6. The molecule has 9 nitrogen and oxygen atoms in total. The molecule has 0 aliphatic carbocycles. The number of hydrogen-bond acceptors (Lipinski definition) is 8. The SMILES string of the molecule is CC/C=C\C/C=C\C/C=C\C/C=C\C/C=C\C/C=C\C/C=C\CCCCCCCCCCCCCCCCCCCCCC(=O)OC(COC(=O)CCCCCCCCCCCCCCCC/C=C\C/C=C\C/C=C\C/C=C\C/C=C\C/C=C\CC)COP(=O)([O-])OCC[N+](C)(C)C. The topological polar surface area (TPSA) is 111 Å². The molecule has 0 aliphatic rings. The average molecular weight is 1380 g/mol. The molecular weight excluding hydrogens is 1230 g/mol. The molecule has 10 heteroatoms. The smallest absolute Gasteiger partial charge is 0.306 e. The maximum Gasteiger partial charge on any atom is 0.306 e. The van der Waals surface area contributed by atoms with E-state index in [2.05, 4.69) is 172 Å². The van der Waals surface area contributed by atoms with Crippen LogP contribution in [0.2, 0.25) is 0 Å². The van der Waals surface area contributed by atoms with Gasteiger partial charge in [0.2, 0.25) is 0 Å². The first-order chi connectivity index (χ1) is 48.0. The second-order valence-corrected chi connectivity index (χ2v) is 29.1. The Labute approximate surface area is 605 Å². The number of quaternary nitrogens is 1. The van der Waals surface area contributed by atoms with Crippen molar-refractivity contribution in [2.24, 2.45) is 0 Å². The molecule has 2 unspecified atom stereocenters. The number of ether oxygens (including phenoxy) is 2. The van der Waals surface area contributed by atoms with Gasteiger partial charge in [0.15, 0.2) is 6.10 Å². The number of carbonyl (C=O) groups excluding carboxylic acids is 2. The number of phosphoric acid groups is 1. The van der Waals surface area contributed by atoms with Gasteiger partial charge in [0.05, 0.1) is 27.7 Å². The van der Waals surface area contributed by atoms with E-state index >= 15 is 0 Å². The van der Waals surface area contributed by atoms with Crippen molar-refractivity contribution in [1.82, 2.24) is 0 Å². The van der Waals surface area contributed by atoms with Gasteiger partial charge >= 0.3 is 11.9 Å². The second-order valence-electron chi connectivity index (χ2n) is 27.7. The Kier molecular flexibility index (Phi) is 73.4. The summed E-state index contributed by atoms with van der Waals surface area (Å²) in [6, 6.07) is 0. The summed E-state index contributed by atoms with van der Waals surface area (Å²) in [7, 11) is 1.16.